The summed E-state index contributed by atoms with van der Waals surface area (Å²) in [5.41, 5.74) is 3.61. The Morgan fingerprint density at radius 3 is 2.52 bits per heavy atom. The molecular weight excluding hydrogens is 400 g/mol. The van der Waals surface area contributed by atoms with E-state index in [4.69, 9.17) is 5.11 Å². The van der Waals surface area contributed by atoms with Crippen LogP contribution in [0.15, 0.2) is 18.2 Å². The molecule has 1 heterocycles. The van der Waals surface area contributed by atoms with Crippen molar-refractivity contribution >= 4 is 30.6 Å². The number of carbonyl (C=O) groups excluding carboxylic acids is 4. The molecule has 0 radical (unpaired) electrons. The number of nitrogens with one attached hydrogen (secondary N) is 1. The van der Waals surface area contributed by atoms with E-state index in [-0.39, 0.29) is 38.0 Å². The van der Waals surface area contributed by atoms with E-state index in [0.29, 0.717) is 4.90 Å². The molecule has 1 aliphatic rings. The van der Waals surface area contributed by atoms with E-state index >= 15 is 0 Å². The molecule has 0 bridgehead atoms. The largest absolute Gasteiger partial charge is 0.481 e. The molecule has 0 aliphatic carbocycles. The summed E-state index contributed by atoms with van der Waals surface area (Å²) in [6.45, 7) is 4.18. The highest BCUT2D eigenvalue weighted by Crippen LogP contribution is 2.11. The van der Waals surface area contributed by atoms with Gasteiger partial charge in [0.25, 0.3) is 0 Å². The van der Waals surface area contributed by atoms with Crippen LogP contribution in [-0.4, -0.2) is 46.7 Å². The first-order chi connectivity index (χ1) is 14.8. The predicted molar refractivity (Wildman–Crippen MR) is 114 cm³/mol. The number of carbonyl (C=O) groups is 5. The Kier molecular flexibility index (Phi) is 11.3. The fourth-order valence-electron chi connectivity index (χ4n) is 2.85. The number of amides is 4. The van der Waals surface area contributed by atoms with Crippen molar-refractivity contribution in [1.29, 1.82) is 0 Å². The van der Waals surface area contributed by atoms with Gasteiger partial charge in [0.05, 0.1) is 0 Å². The molecule has 1 atom stereocenters. The van der Waals surface area contributed by atoms with Crippen LogP contribution in [0.25, 0.3) is 0 Å². The summed E-state index contributed by atoms with van der Waals surface area (Å²) in [6, 6.07) is 5.32. The highest BCUT2D eigenvalue weighted by molar-refractivity contribution is 6.01. The number of hydrogen-bond acceptors (Lipinski definition) is 5. The van der Waals surface area contributed by atoms with Gasteiger partial charge in [-0.15, -0.1) is 0 Å². The van der Waals surface area contributed by atoms with Crippen LogP contribution < -0.4 is 5.32 Å². The molecule has 166 valence electrons. The van der Waals surface area contributed by atoms with E-state index in [0.717, 1.165) is 31.2 Å². The van der Waals surface area contributed by atoms with Crippen LogP contribution in [-0.2, 0) is 24.0 Å². The minimum absolute atomic E-state index is 0.147. The SMILES string of the molecule is Cc1cccc(C#CCCCCCC(=O)O)c1C.O=CN(C=O)C1CCC(=O)NC1=O. The lowest BCUT2D eigenvalue weighted by Gasteiger charge is -2.25. The smallest absolute Gasteiger partial charge is 0.303 e. The zero-order valence-corrected chi connectivity index (χ0v) is 17.8. The molecule has 31 heavy (non-hydrogen) atoms. The molecule has 8 heteroatoms. The van der Waals surface area contributed by atoms with Gasteiger partial charge in [-0.1, -0.05) is 30.4 Å². The van der Waals surface area contributed by atoms with E-state index in [2.05, 4.69) is 31.8 Å². The number of rotatable bonds is 8. The third-order valence-electron chi connectivity index (χ3n) is 4.83. The average Bonchev–Trinajstić information content (AvgIpc) is 2.73. The molecule has 1 saturated heterocycles. The molecule has 2 rings (SSSR count). The van der Waals surface area contributed by atoms with Crippen molar-refractivity contribution < 1.29 is 29.1 Å². The van der Waals surface area contributed by atoms with Gasteiger partial charge in [0.1, 0.15) is 6.04 Å². The number of carboxylic acid groups (broad SMARTS) is 1. The summed E-state index contributed by atoms with van der Waals surface area (Å²) in [5, 5.41) is 10.5. The molecule has 1 fully saturated rings. The van der Waals surface area contributed by atoms with Gasteiger partial charge in [-0.3, -0.25) is 34.2 Å². The lowest BCUT2D eigenvalue weighted by molar-refractivity contribution is -0.145. The summed E-state index contributed by atoms with van der Waals surface area (Å²) in [7, 11) is 0. The molecular formula is C23H28N2O6. The van der Waals surface area contributed by atoms with Crippen molar-refractivity contribution in [1.82, 2.24) is 10.2 Å². The Balaban J connectivity index is 0.000000327. The molecule has 0 saturated carbocycles. The lowest BCUT2D eigenvalue weighted by Crippen LogP contribution is -2.51. The third-order valence-corrected chi connectivity index (χ3v) is 4.83. The zero-order valence-electron chi connectivity index (χ0n) is 17.8. The van der Waals surface area contributed by atoms with Gasteiger partial charge in [0.15, 0.2) is 0 Å². The van der Waals surface area contributed by atoms with E-state index in [1.165, 1.54) is 11.1 Å². The first-order valence-corrected chi connectivity index (χ1v) is 10.1. The maximum atomic E-state index is 11.1. The van der Waals surface area contributed by atoms with Crippen molar-refractivity contribution in [3.05, 3.63) is 34.9 Å². The zero-order chi connectivity index (χ0) is 23.2. The van der Waals surface area contributed by atoms with Gasteiger partial charge in [-0.05, 0) is 50.3 Å². The standard InChI is InChI=1S/C16H20O2.C7H8N2O4/c1-13-9-8-11-15(14(13)2)10-6-4-3-5-7-12-16(17)18;10-3-9(4-11)5-1-2-6(12)8-7(5)13/h8-9,11H,3-5,7,12H2,1-2H3,(H,17,18);3-5H,1-2H2,(H,8,12,13). The van der Waals surface area contributed by atoms with Crippen LogP contribution in [0.2, 0.25) is 0 Å². The van der Waals surface area contributed by atoms with Crippen LogP contribution in [0.1, 0.15) is 61.6 Å². The van der Waals surface area contributed by atoms with Crippen LogP contribution >= 0.6 is 0 Å². The number of unbranched alkanes of at least 4 members (excludes halogenated alkanes) is 3. The van der Waals surface area contributed by atoms with Crippen molar-refractivity contribution in [3.8, 4) is 11.8 Å². The van der Waals surface area contributed by atoms with Crippen molar-refractivity contribution in [2.45, 2.75) is 64.8 Å². The van der Waals surface area contributed by atoms with Crippen LogP contribution in [0.5, 0.6) is 0 Å². The normalized spacial score (nSPS) is 14.8. The number of carboxylic acids is 1. The first kappa shape index (κ1) is 25.6. The number of hydrogen-bond donors (Lipinski definition) is 2. The quantitative estimate of drug-likeness (QED) is 0.283. The van der Waals surface area contributed by atoms with E-state index < -0.39 is 17.9 Å². The average molecular weight is 428 g/mol. The van der Waals surface area contributed by atoms with Crippen LogP contribution in [0.3, 0.4) is 0 Å². The van der Waals surface area contributed by atoms with E-state index in [1.807, 2.05) is 17.4 Å². The molecule has 8 nitrogen and oxygen atoms in total. The number of aryl methyl sites for hydroxylation is 1. The molecule has 2 N–H and O–H groups in total. The van der Waals surface area contributed by atoms with Crippen molar-refractivity contribution in [2.24, 2.45) is 0 Å². The Morgan fingerprint density at radius 2 is 1.90 bits per heavy atom. The molecule has 4 amide bonds. The Morgan fingerprint density at radius 1 is 1.19 bits per heavy atom. The van der Waals surface area contributed by atoms with Crippen molar-refractivity contribution in [2.75, 3.05) is 0 Å². The van der Waals surface area contributed by atoms with Gasteiger partial charge in [-0.25, -0.2) is 0 Å². The maximum absolute atomic E-state index is 11.1. The molecule has 1 aromatic carbocycles. The molecule has 1 unspecified atom stereocenters. The van der Waals surface area contributed by atoms with Gasteiger partial charge in [0.2, 0.25) is 24.6 Å². The fourth-order valence-corrected chi connectivity index (χ4v) is 2.85. The second-order valence-corrected chi connectivity index (χ2v) is 7.13. The Labute approximate surface area is 182 Å². The highest BCUT2D eigenvalue weighted by Gasteiger charge is 2.30. The van der Waals surface area contributed by atoms with Gasteiger partial charge < -0.3 is 5.11 Å². The number of piperidine rings is 1. The second kappa shape index (κ2) is 13.7. The highest BCUT2D eigenvalue weighted by atomic mass is 16.4. The number of nitrogens with zero attached hydrogens (tertiary/aromatic N) is 1. The summed E-state index contributed by atoms with van der Waals surface area (Å²) in [4.78, 5) is 53.4. The Hall–Kier alpha value is -3.47. The summed E-state index contributed by atoms with van der Waals surface area (Å²) in [5.74, 6) is 4.66. The minimum Gasteiger partial charge on any atom is -0.481 e. The van der Waals surface area contributed by atoms with Crippen molar-refractivity contribution in [3.63, 3.8) is 0 Å². The second-order valence-electron chi connectivity index (χ2n) is 7.13. The number of imide groups is 2. The third kappa shape index (κ3) is 9.26. The Bertz CT molecular complexity index is 861. The maximum Gasteiger partial charge on any atom is 0.303 e. The minimum atomic E-state index is -0.840. The summed E-state index contributed by atoms with van der Waals surface area (Å²) >= 11 is 0. The number of aliphatic carboxylic acids is 1. The fraction of sp³-hybridized carbons (Fsp3) is 0.435. The monoisotopic (exact) mass is 428 g/mol. The van der Waals surface area contributed by atoms with E-state index in [1.54, 1.807) is 0 Å². The van der Waals surface area contributed by atoms with Gasteiger partial charge >= 0.3 is 5.97 Å². The van der Waals surface area contributed by atoms with Crippen LogP contribution in [0, 0.1) is 25.7 Å². The first-order valence-electron chi connectivity index (χ1n) is 10.1. The number of benzene rings is 1. The lowest BCUT2D eigenvalue weighted by atomic mass is 10.0. The molecule has 0 aromatic heterocycles. The predicted octanol–water partition coefficient (Wildman–Crippen LogP) is 2.10. The molecule has 1 aromatic rings. The van der Waals surface area contributed by atoms with Gasteiger partial charge in [-0.2, -0.15) is 0 Å². The summed E-state index contributed by atoms with van der Waals surface area (Å²) < 4.78 is 0. The van der Waals surface area contributed by atoms with Gasteiger partial charge in [0, 0.05) is 24.8 Å². The van der Waals surface area contributed by atoms with E-state index in [9.17, 15) is 24.0 Å². The summed E-state index contributed by atoms with van der Waals surface area (Å²) in [6.07, 6.45) is 4.66. The van der Waals surface area contributed by atoms with Crippen LogP contribution in [0.4, 0.5) is 0 Å². The molecule has 1 aliphatic heterocycles. The topological polar surface area (TPSA) is 121 Å². The molecule has 0 spiro atoms.